The highest BCUT2D eigenvalue weighted by molar-refractivity contribution is 9.10. The summed E-state index contributed by atoms with van der Waals surface area (Å²) in [5, 5.41) is 0. The smallest absolute Gasteiger partial charge is 0.264 e. The molecule has 0 aliphatic carbocycles. The number of sulfonamides is 1. The first-order valence-electron chi connectivity index (χ1n) is 8.55. The molecule has 0 radical (unpaired) electrons. The number of nitrogens with zero attached hydrogens (tertiary/aromatic N) is 1. The highest BCUT2D eigenvalue weighted by Gasteiger charge is 2.35. The molecule has 3 rings (SSSR count). The standard InChI is InChI=1S/C19H21BrN2O5S/c1-11-7-13-8-14(20)9-18(19(13)22(11)12(2)23)28(24,25)21-15-5-6-16(26-3)17(10-15)27-4/h5-6,8-11,21H,7H2,1-4H3/t11-/m1/s1. The van der Waals surface area contributed by atoms with Crippen LogP contribution in [0.2, 0.25) is 0 Å². The Bertz CT molecular complexity index is 1040. The molecular weight excluding hydrogens is 448 g/mol. The second-order valence-electron chi connectivity index (χ2n) is 6.53. The lowest BCUT2D eigenvalue weighted by Crippen LogP contribution is -2.34. The summed E-state index contributed by atoms with van der Waals surface area (Å²) in [5.74, 6) is 0.697. The van der Waals surface area contributed by atoms with Crippen molar-refractivity contribution in [3.05, 3.63) is 40.4 Å². The number of rotatable bonds is 5. The number of hydrogen-bond donors (Lipinski definition) is 1. The number of anilines is 2. The van der Waals surface area contributed by atoms with Crippen LogP contribution in [0.15, 0.2) is 39.7 Å². The minimum Gasteiger partial charge on any atom is -0.493 e. The number of methoxy groups -OCH3 is 2. The van der Waals surface area contributed by atoms with Crippen molar-refractivity contribution in [2.45, 2.75) is 31.2 Å². The fourth-order valence-corrected chi connectivity index (χ4v) is 5.44. The Morgan fingerprint density at radius 2 is 1.86 bits per heavy atom. The van der Waals surface area contributed by atoms with Crippen LogP contribution in [0.1, 0.15) is 19.4 Å². The van der Waals surface area contributed by atoms with E-state index in [1.807, 2.05) is 13.0 Å². The summed E-state index contributed by atoms with van der Waals surface area (Å²) in [7, 11) is -0.986. The van der Waals surface area contributed by atoms with Crippen LogP contribution in [-0.4, -0.2) is 34.6 Å². The number of hydrogen-bond acceptors (Lipinski definition) is 5. The number of carbonyl (C=O) groups excluding carboxylic acids is 1. The summed E-state index contributed by atoms with van der Waals surface area (Å²) in [6.07, 6.45) is 0.591. The van der Waals surface area contributed by atoms with E-state index in [4.69, 9.17) is 9.47 Å². The molecule has 7 nitrogen and oxygen atoms in total. The fourth-order valence-electron chi connectivity index (χ4n) is 3.47. The maximum absolute atomic E-state index is 13.2. The van der Waals surface area contributed by atoms with Crippen molar-refractivity contribution < 1.29 is 22.7 Å². The summed E-state index contributed by atoms with van der Waals surface area (Å²) < 4.78 is 40.0. The number of benzene rings is 2. The lowest BCUT2D eigenvalue weighted by atomic mass is 10.1. The predicted octanol–water partition coefficient (Wildman–Crippen LogP) is 3.56. The van der Waals surface area contributed by atoms with E-state index in [9.17, 15) is 13.2 Å². The van der Waals surface area contributed by atoms with Gasteiger partial charge in [0.05, 0.1) is 25.6 Å². The van der Waals surface area contributed by atoms with E-state index in [2.05, 4.69) is 20.7 Å². The van der Waals surface area contributed by atoms with Gasteiger partial charge in [-0.1, -0.05) is 15.9 Å². The summed E-state index contributed by atoms with van der Waals surface area (Å²) >= 11 is 3.38. The zero-order chi connectivity index (χ0) is 20.6. The minimum atomic E-state index is -3.97. The van der Waals surface area contributed by atoms with Crippen molar-refractivity contribution in [1.29, 1.82) is 0 Å². The zero-order valence-corrected chi connectivity index (χ0v) is 18.3. The molecule has 0 saturated heterocycles. The number of halogens is 1. The van der Waals surface area contributed by atoms with Gasteiger partial charge in [-0.05, 0) is 43.2 Å². The first-order valence-corrected chi connectivity index (χ1v) is 10.8. The van der Waals surface area contributed by atoms with Gasteiger partial charge in [-0.3, -0.25) is 9.52 Å². The van der Waals surface area contributed by atoms with Gasteiger partial charge >= 0.3 is 0 Å². The topological polar surface area (TPSA) is 84.9 Å². The Labute approximate surface area is 172 Å². The lowest BCUT2D eigenvalue weighted by molar-refractivity contribution is -0.116. The number of carbonyl (C=O) groups is 1. The third kappa shape index (κ3) is 3.68. The van der Waals surface area contributed by atoms with Crippen molar-refractivity contribution in [2.24, 2.45) is 0 Å². The van der Waals surface area contributed by atoms with Crippen LogP contribution in [0.5, 0.6) is 11.5 Å². The number of nitrogens with one attached hydrogen (secondary N) is 1. The first kappa shape index (κ1) is 20.5. The van der Waals surface area contributed by atoms with Gasteiger partial charge in [-0.15, -0.1) is 0 Å². The monoisotopic (exact) mass is 468 g/mol. The maximum Gasteiger partial charge on any atom is 0.264 e. The van der Waals surface area contributed by atoms with Gasteiger partial charge in [0.25, 0.3) is 10.0 Å². The van der Waals surface area contributed by atoms with E-state index < -0.39 is 10.0 Å². The molecule has 9 heteroatoms. The summed E-state index contributed by atoms with van der Waals surface area (Å²) in [6, 6.07) is 7.99. The van der Waals surface area contributed by atoms with Crippen molar-refractivity contribution in [2.75, 3.05) is 23.8 Å². The second-order valence-corrected chi connectivity index (χ2v) is 9.10. The van der Waals surface area contributed by atoms with Gasteiger partial charge in [0.2, 0.25) is 5.91 Å². The third-order valence-corrected chi connectivity index (χ3v) is 6.43. The molecule has 1 aliphatic heterocycles. The van der Waals surface area contributed by atoms with Crippen LogP contribution < -0.4 is 19.1 Å². The molecule has 1 atom stereocenters. The third-order valence-electron chi connectivity index (χ3n) is 4.58. The van der Waals surface area contributed by atoms with Crippen LogP contribution in [0.25, 0.3) is 0 Å². The quantitative estimate of drug-likeness (QED) is 0.724. The summed E-state index contributed by atoms with van der Waals surface area (Å²) in [5.41, 5.74) is 1.56. The molecule has 0 spiro atoms. The Morgan fingerprint density at radius 3 is 2.46 bits per heavy atom. The highest BCUT2D eigenvalue weighted by Crippen LogP contribution is 2.41. The molecule has 0 aromatic heterocycles. The van der Waals surface area contributed by atoms with Gasteiger partial charge in [0, 0.05) is 23.5 Å². The van der Waals surface area contributed by atoms with E-state index in [1.54, 1.807) is 18.2 Å². The summed E-state index contributed by atoms with van der Waals surface area (Å²) in [4.78, 5) is 13.7. The van der Waals surface area contributed by atoms with E-state index in [0.717, 1.165) is 5.56 Å². The second kappa shape index (κ2) is 7.63. The average molecular weight is 469 g/mol. The van der Waals surface area contributed by atoms with E-state index >= 15 is 0 Å². The maximum atomic E-state index is 13.2. The summed E-state index contributed by atoms with van der Waals surface area (Å²) in [6.45, 7) is 3.33. The first-order chi connectivity index (χ1) is 13.2. The number of fused-ring (bicyclic) bond motifs is 1. The van der Waals surface area contributed by atoms with Gasteiger partial charge in [-0.25, -0.2) is 8.42 Å². The molecule has 1 N–H and O–H groups in total. The molecule has 1 aliphatic rings. The number of amides is 1. The van der Waals surface area contributed by atoms with Gasteiger partial charge in [0.1, 0.15) is 4.90 Å². The molecule has 0 bridgehead atoms. The Kier molecular flexibility index (Phi) is 5.58. The molecular formula is C19H21BrN2O5S. The molecule has 1 amide bonds. The molecule has 0 fully saturated rings. The molecule has 2 aromatic rings. The molecule has 0 saturated carbocycles. The van der Waals surface area contributed by atoms with E-state index in [1.165, 1.54) is 32.1 Å². The molecule has 150 valence electrons. The zero-order valence-electron chi connectivity index (χ0n) is 15.9. The van der Waals surface area contributed by atoms with E-state index in [0.29, 0.717) is 33.8 Å². The fraction of sp³-hybridized carbons (Fsp3) is 0.316. The van der Waals surface area contributed by atoms with Crippen molar-refractivity contribution in [3.63, 3.8) is 0 Å². The molecule has 28 heavy (non-hydrogen) atoms. The van der Waals surface area contributed by atoms with Crippen LogP contribution in [0, 0.1) is 0 Å². The van der Waals surface area contributed by atoms with Crippen LogP contribution >= 0.6 is 15.9 Å². The van der Waals surface area contributed by atoms with Gasteiger partial charge < -0.3 is 14.4 Å². The molecule has 1 heterocycles. The molecule has 2 aromatic carbocycles. The van der Waals surface area contributed by atoms with Gasteiger partial charge in [0.15, 0.2) is 11.5 Å². The Morgan fingerprint density at radius 1 is 1.18 bits per heavy atom. The van der Waals surface area contributed by atoms with Crippen molar-refractivity contribution in [3.8, 4) is 11.5 Å². The average Bonchev–Trinajstić information content (AvgIpc) is 2.95. The molecule has 0 unspecified atom stereocenters. The van der Waals surface area contributed by atoms with Crippen LogP contribution in [0.4, 0.5) is 11.4 Å². The van der Waals surface area contributed by atoms with Gasteiger partial charge in [-0.2, -0.15) is 0 Å². The van der Waals surface area contributed by atoms with Crippen LogP contribution in [-0.2, 0) is 21.2 Å². The predicted molar refractivity (Wildman–Crippen MR) is 111 cm³/mol. The largest absolute Gasteiger partial charge is 0.493 e. The SMILES string of the molecule is COc1ccc(NS(=O)(=O)c2cc(Br)cc3c2N(C(C)=O)[C@H](C)C3)cc1OC. The van der Waals surface area contributed by atoms with Crippen molar-refractivity contribution >= 4 is 43.2 Å². The lowest BCUT2D eigenvalue weighted by Gasteiger charge is -2.23. The van der Waals surface area contributed by atoms with E-state index in [-0.39, 0.29) is 16.8 Å². The Balaban J connectivity index is 2.08. The Hall–Kier alpha value is -2.26. The van der Waals surface area contributed by atoms with Crippen molar-refractivity contribution in [1.82, 2.24) is 0 Å². The minimum absolute atomic E-state index is 0.0474. The number of ether oxygens (including phenoxy) is 2. The van der Waals surface area contributed by atoms with Crippen LogP contribution in [0.3, 0.4) is 0 Å². The normalized spacial score (nSPS) is 15.9. The highest BCUT2D eigenvalue weighted by atomic mass is 79.9.